The zero-order chi connectivity index (χ0) is 10.3. The molecule has 0 saturated carbocycles. The number of nitrogens with zero attached hydrogens (tertiary/aromatic N) is 3. The Labute approximate surface area is 73.6 Å². The number of hydrogen-bond acceptors (Lipinski definition) is 6. The highest BCUT2D eigenvalue weighted by atomic mass is 32.2. The van der Waals surface area contributed by atoms with Gasteiger partial charge in [0.25, 0.3) is 15.2 Å². The minimum absolute atomic E-state index is 0.201. The number of primary sulfonamides is 1. The van der Waals surface area contributed by atoms with E-state index in [1.165, 1.54) is 0 Å². The van der Waals surface area contributed by atoms with Crippen LogP contribution < -0.4 is 10.3 Å². The van der Waals surface area contributed by atoms with Gasteiger partial charge in [0.1, 0.15) is 6.33 Å². The molecule has 0 saturated heterocycles. The molecule has 1 rings (SSSR count). The van der Waals surface area contributed by atoms with Crippen LogP contribution in [0.2, 0.25) is 0 Å². The van der Waals surface area contributed by atoms with E-state index in [1.54, 1.807) is 0 Å². The Bertz CT molecular complexity index is 464. The summed E-state index contributed by atoms with van der Waals surface area (Å²) in [6, 6.07) is 0. The van der Waals surface area contributed by atoms with Crippen LogP contribution in [0.25, 0.3) is 0 Å². The first-order valence-corrected chi connectivity index (χ1v) is 5.74. The molecule has 1 aromatic heterocycles. The molecule has 0 fully saturated rings. The summed E-state index contributed by atoms with van der Waals surface area (Å²) in [5, 5.41) is 11.5. The maximum Gasteiger partial charge on any atom is 0.319 e. The van der Waals surface area contributed by atoms with Crippen molar-refractivity contribution in [3.63, 3.8) is 0 Å². The molecule has 0 unspecified atom stereocenters. The third-order valence-electron chi connectivity index (χ3n) is 0.966. The van der Waals surface area contributed by atoms with Crippen molar-refractivity contribution in [2.45, 2.75) is 5.16 Å². The highest BCUT2D eigenvalue weighted by Gasteiger charge is 2.17. The fraction of sp³-hybridized carbons (Fsp3) is 0. The number of aromatic nitrogens is 3. The highest BCUT2D eigenvalue weighted by Crippen LogP contribution is 1.96. The lowest BCUT2D eigenvalue weighted by atomic mass is 11.3. The van der Waals surface area contributed by atoms with Crippen molar-refractivity contribution < 1.29 is 16.8 Å². The van der Waals surface area contributed by atoms with Gasteiger partial charge in [0, 0.05) is 0 Å². The second kappa shape index (κ2) is 2.73. The van der Waals surface area contributed by atoms with Crippen molar-refractivity contribution in [2.75, 3.05) is 0 Å². The molecule has 0 spiro atoms. The van der Waals surface area contributed by atoms with Gasteiger partial charge in [-0.15, -0.1) is 9.19 Å². The van der Waals surface area contributed by atoms with Gasteiger partial charge in [0.2, 0.25) is 0 Å². The van der Waals surface area contributed by atoms with Crippen molar-refractivity contribution in [3.05, 3.63) is 6.33 Å². The van der Waals surface area contributed by atoms with E-state index in [0.29, 0.717) is 6.33 Å². The van der Waals surface area contributed by atoms with E-state index in [1.807, 2.05) is 0 Å². The standard InChI is InChI=1S/C2H5N5O4S2/c3-12(8,9)2-5-1-7(6-2)13(4,10)11/h1H,(H2,3,8,9)(H2,4,10,11). The maximum atomic E-state index is 10.6. The molecule has 74 valence electrons. The minimum Gasteiger partial charge on any atom is -0.222 e. The summed E-state index contributed by atoms with van der Waals surface area (Å²) in [7, 11) is -8.22. The number of nitrogens with two attached hydrogens (primary N) is 2. The predicted octanol–water partition coefficient (Wildman–Crippen LogP) is -3.02. The van der Waals surface area contributed by atoms with Crippen LogP contribution in [-0.2, 0) is 20.2 Å². The van der Waals surface area contributed by atoms with Crippen molar-refractivity contribution in [3.8, 4) is 0 Å². The van der Waals surface area contributed by atoms with Crippen LogP contribution in [0.5, 0.6) is 0 Å². The molecule has 0 aliphatic heterocycles. The van der Waals surface area contributed by atoms with E-state index in [2.05, 4.69) is 20.4 Å². The predicted molar refractivity (Wildman–Crippen MR) is 39.9 cm³/mol. The van der Waals surface area contributed by atoms with Crippen molar-refractivity contribution in [2.24, 2.45) is 10.3 Å². The van der Waals surface area contributed by atoms with Gasteiger partial charge in [0.05, 0.1) is 0 Å². The lowest BCUT2D eigenvalue weighted by Crippen LogP contribution is -2.23. The first-order chi connectivity index (χ1) is 5.71. The summed E-state index contributed by atoms with van der Waals surface area (Å²) in [4.78, 5) is 3.13. The van der Waals surface area contributed by atoms with Gasteiger partial charge in [-0.3, -0.25) is 0 Å². The topological polar surface area (TPSA) is 151 Å². The average molecular weight is 227 g/mol. The summed E-state index contributed by atoms with van der Waals surface area (Å²) in [6.07, 6.45) is 0.634. The Morgan fingerprint density at radius 1 is 1.23 bits per heavy atom. The Morgan fingerprint density at radius 2 is 1.77 bits per heavy atom. The summed E-state index contributed by atoms with van der Waals surface area (Å²) in [5.41, 5.74) is 0. The average Bonchev–Trinajstić information content (AvgIpc) is 2.28. The quantitative estimate of drug-likeness (QED) is 0.548. The largest absolute Gasteiger partial charge is 0.319 e. The first kappa shape index (κ1) is 10.0. The molecule has 0 aliphatic carbocycles. The molecule has 1 aromatic rings. The second-order valence-corrected chi connectivity index (χ2v) is 4.85. The van der Waals surface area contributed by atoms with Gasteiger partial charge in [-0.25, -0.2) is 23.7 Å². The monoisotopic (exact) mass is 227 g/mol. The summed E-state index contributed by atoms with van der Waals surface area (Å²) in [5.74, 6) is 0. The smallest absolute Gasteiger partial charge is 0.222 e. The first-order valence-electron chi connectivity index (χ1n) is 2.69. The van der Waals surface area contributed by atoms with Gasteiger partial charge in [-0.2, -0.15) is 8.42 Å². The van der Waals surface area contributed by atoms with Crippen LogP contribution in [0.1, 0.15) is 0 Å². The molecular formula is C2H5N5O4S2. The van der Waals surface area contributed by atoms with Crippen LogP contribution in [0.4, 0.5) is 0 Å². The normalized spacial score (nSPS) is 13.1. The second-order valence-electron chi connectivity index (χ2n) is 1.99. The highest BCUT2D eigenvalue weighted by molar-refractivity contribution is 7.89. The van der Waals surface area contributed by atoms with E-state index in [0.717, 1.165) is 0 Å². The zero-order valence-corrected chi connectivity index (χ0v) is 7.66. The molecule has 0 atom stereocenters. The third kappa shape index (κ3) is 2.21. The van der Waals surface area contributed by atoms with Crippen molar-refractivity contribution in [1.29, 1.82) is 0 Å². The Morgan fingerprint density at radius 3 is 2.00 bits per heavy atom. The van der Waals surface area contributed by atoms with Gasteiger partial charge >= 0.3 is 10.2 Å². The molecule has 0 radical (unpaired) electrons. The molecule has 9 nitrogen and oxygen atoms in total. The van der Waals surface area contributed by atoms with E-state index in [4.69, 9.17) is 0 Å². The van der Waals surface area contributed by atoms with E-state index in [9.17, 15) is 16.8 Å². The van der Waals surface area contributed by atoms with E-state index in [-0.39, 0.29) is 4.09 Å². The summed E-state index contributed by atoms with van der Waals surface area (Å²) >= 11 is 0. The van der Waals surface area contributed by atoms with Crippen molar-refractivity contribution in [1.82, 2.24) is 14.2 Å². The molecule has 0 aliphatic rings. The molecule has 0 amide bonds. The Balaban J connectivity index is 3.32. The molecule has 13 heavy (non-hydrogen) atoms. The van der Waals surface area contributed by atoms with E-state index >= 15 is 0 Å². The lowest BCUT2D eigenvalue weighted by molar-refractivity contribution is 0.576. The Kier molecular flexibility index (Phi) is 2.11. The molecule has 0 aromatic carbocycles. The zero-order valence-electron chi connectivity index (χ0n) is 6.02. The molecule has 0 bridgehead atoms. The fourth-order valence-corrected chi connectivity index (χ4v) is 1.30. The van der Waals surface area contributed by atoms with Crippen LogP contribution in [0, 0.1) is 0 Å². The SMILES string of the molecule is NS(=O)(=O)c1ncn(S(N)(=O)=O)n1. The summed E-state index contributed by atoms with van der Waals surface area (Å²) in [6.45, 7) is 0. The number of sulfonamides is 1. The van der Waals surface area contributed by atoms with Gasteiger partial charge in [0.15, 0.2) is 0 Å². The lowest BCUT2D eigenvalue weighted by Gasteiger charge is -1.92. The van der Waals surface area contributed by atoms with Crippen molar-refractivity contribution >= 4 is 20.2 Å². The molecular weight excluding hydrogens is 222 g/mol. The summed E-state index contributed by atoms with van der Waals surface area (Å²) < 4.78 is 42.5. The van der Waals surface area contributed by atoms with E-state index < -0.39 is 25.4 Å². The number of hydrogen-bond donors (Lipinski definition) is 2. The van der Waals surface area contributed by atoms with Crippen LogP contribution in [0.3, 0.4) is 0 Å². The van der Waals surface area contributed by atoms with Gasteiger partial charge in [-0.05, 0) is 0 Å². The van der Waals surface area contributed by atoms with Crippen LogP contribution in [0.15, 0.2) is 11.5 Å². The molecule has 4 N–H and O–H groups in total. The van der Waals surface area contributed by atoms with Crippen LogP contribution in [-0.4, -0.2) is 31.0 Å². The number of rotatable bonds is 2. The van der Waals surface area contributed by atoms with Crippen LogP contribution >= 0.6 is 0 Å². The third-order valence-corrected chi connectivity index (χ3v) is 2.36. The molecule has 1 heterocycles. The van der Waals surface area contributed by atoms with Gasteiger partial charge in [-0.1, -0.05) is 0 Å². The maximum absolute atomic E-state index is 10.6. The minimum atomic E-state index is -4.12. The fourth-order valence-electron chi connectivity index (χ4n) is 0.488. The Hall–Kier alpha value is -1.04. The van der Waals surface area contributed by atoms with Gasteiger partial charge < -0.3 is 0 Å². The molecule has 11 heteroatoms.